The van der Waals surface area contributed by atoms with Gasteiger partial charge in [0.15, 0.2) is 11.5 Å². The van der Waals surface area contributed by atoms with Gasteiger partial charge in [0.25, 0.3) is 5.91 Å². The monoisotopic (exact) mass is 466 g/mol. The molecular weight excluding hydrogens is 447 g/mol. The van der Waals surface area contributed by atoms with Gasteiger partial charge < -0.3 is 14.8 Å². The topological polar surface area (TPSA) is 71.3 Å². The van der Waals surface area contributed by atoms with Crippen LogP contribution in [0.3, 0.4) is 0 Å². The molecule has 0 heterocycles. The minimum Gasteiger partial charge on any atom is -0.493 e. The van der Waals surface area contributed by atoms with Crippen LogP contribution < -0.4 is 14.8 Å². The number of rotatable bonds is 7. The smallest absolute Gasteiger partial charge is 0.266 e. The Morgan fingerprint density at radius 2 is 1.78 bits per heavy atom. The standard InChI is InChI=1S/C25H20Cl2N2O3/c1-16-5-3-6-19(11-16)29-25(30)18(14-28)12-17-9-10-23(24(13-17)31-2)32-15-20-21(26)7-4-8-22(20)27/h3-13H,15H2,1-2H3,(H,29,30)/b18-12-. The molecule has 0 saturated carbocycles. The van der Waals surface area contributed by atoms with Gasteiger partial charge in [-0.05, 0) is 60.5 Å². The molecule has 3 rings (SSSR count). The largest absolute Gasteiger partial charge is 0.493 e. The predicted molar refractivity (Wildman–Crippen MR) is 127 cm³/mol. The number of nitriles is 1. The fourth-order valence-corrected chi connectivity index (χ4v) is 3.46. The molecule has 0 unspecified atom stereocenters. The van der Waals surface area contributed by atoms with Crippen LogP contribution >= 0.6 is 23.2 Å². The molecule has 0 aromatic heterocycles. The highest BCUT2D eigenvalue weighted by Crippen LogP contribution is 2.32. The van der Waals surface area contributed by atoms with E-state index in [-0.39, 0.29) is 12.2 Å². The molecule has 162 valence electrons. The highest BCUT2D eigenvalue weighted by molar-refractivity contribution is 6.35. The number of amides is 1. The zero-order chi connectivity index (χ0) is 23.1. The van der Waals surface area contributed by atoms with Gasteiger partial charge in [0.2, 0.25) is 0 Å². The van der Waals surface area contributed by atoms with Crippen LogP contribution in [0, 0.1) is 18.3 Å². The van der Waals surface area contributed by atoms with E-state index in [0.29, 0.717) is 38.4 Å². The van der Waals surface area contributed by atoms with Gasteiger partial charge in [0.1, 0.15) is 18.2 Å². The first-order chi connectivity index (χ1) is 15.4. The van der Waals surface area contributed by atoms with E-state index in [2.05, 4.69) is 5.32 Å². The van der Waals surface area contributed by atoms with Crippen molar-refractivity contribution in [2.75, 3.05) is 12.4 Å². The van der Waals surface area contributed by atoms with Crippen molar-refractivity contribution in [2.45, 2.75) is 13.5 Å². The van der Waals surface area contributed by atoms with Crippen molar-refractivity contribution in [3.63, 3.8) is 0 Å². The first-order valence-corrected chi connectivity index (χ1v) is 10.4. The summed E-state index contributed by atoms with van der Waals surface area (Å²) in [6.07, 6.45) is 1.49. The SMILES string of the molecule is COc1cc(/C=C(/C#N)C(=O)Nc2cccc(C)c2)ccc1OCc1c(Cl)cccc1Cl. The second-order valence-electron chi connectivity index (χ2n) is 6.89. The average Bonchev–Trinajstić information content (AvgIpc) is 2.77. The molecule has 1 amide bonds. The number of carbonyl (C=O) groups excluding carboxylic acids is 1. The lowest BCUT2D eigenvalue weighted by atomic mass is 10.1. The fraction of sp³-hybridized carbons (Fsp3) is 0.120. The number of ether oxygens (including phenoxy) is 2. The van der Waals surface area contributed by atoms with E-state index in [1.165, 1.54) is 13.2 Å². The van der Waals surface area contributed by atoms with Crippen LogP contribution in [0.25, 0.3) is 6.08 Å². The third-order valence-electron chi connectivity index (χ3n) is 4.57. The Morgan fingerprint density at radius 3 is 2.44 bits per heavy atom. The second kappa shape index (κ2) is 10.7. The Bertz CT molecular complexity index is 1200. The van der Waals surface area contributed by atoms with Crippen molar-refractivity contribution in [1.29, 1.82) is 5.26 Å². The molecule has 0 saturated heterocycles. The van der Waals surface area contributed by atoms with Crippen LogP contribution in [-0.2, 0) is 11.4 Å². The molecule has 5 nitrogen and oxygen atoms in total. The van der Waals surface area contributed by atoms with E-state index in [1.807, 2.05) is 31.2 Å². The summed E-state index contributed by atoms with van der Waals surface area (Å²) in [7, 11) is 1.51. The molecule has 3 aromatic carbocycles. The minimum absolute atomic E-state index is 0.0370. The highest BCUT2D eigenvalue weighted by atomic mass is 35.5. The van der Waals surface area contributed by atoms with Crippen molar-refractivity contribution < 1.29 is 14.3 Å². The molecule has 7 heteroatoms. The molecule has 0 atom stereocenters. The molecular formula is C25H20Cl2N2O3. The molecule has 0 aliphatic rings. The molecule has 1 N–H and O–H groups in total. The number of aryl methyl sites for hydroxylation is 1. The van der Waals surface area contributed by atoms with E-state index in [0.717, 1.165) is 5.56 Å². The lowest BCUT2D eigenvalue weighted by Gasteiger charge is -2.13. The summed E-state index contributed by atoms with van der Waals surface area (Å²) < 4.78 is 11.3. The van der Waals surface area contributed by atoms with Crippen molar-refractivity contribution in [3.05, 3.63) is 93.0 Å². The Labute approximate surface area is 196 Å². The van der Waals surface area contributed by atoms with Crippen LogP contribution in [0.5, 0.6) is 11.5 Å². The first-order valence-electron chi connectivity index (χ1n) is 9.65. The number of halogens is 2. The van der Waals surface area contributed by atoms with Crippen LogP contribution in [0.2, 0.25) is 10.0 Å². The van der Waals surface area contributed by atoms with Gasteiger partial charge in [0, 0.05) is 21.3 Å². The number of benzene rings is 3. The highest BCUT2D eigenvalue weighted by Gasteiger charge is 2.13. The summed E-state index contributed by atoms with van der Waals surface area (Å²) in [5.41, 5.74) is 2.87. The molecule has 0 bridgehead atoms. The van der Waals surface area contributed by atoms with E-state index in [1.54, 1.807) is 42.5 Å². The maximum Gasteiger partial charge on any atom is 0.266 e. The van der Waals surface area contributed by atoms with Crippen molar-refractivity contribution in [1.82, 2.24) is 0 Å². The lowest BCUT2D eigenvalue weighted by molar-refractivity contribution is -0.112. The third-order valence-corrected chi connectivity index (χ3v) is 5.28. The number of methoxy groups -OCH3 is 1. The Morgan fingerprint density at radius 1 is 1.06 bits per heavy atom. The number of nitrogens with one attached hydrogen (secondary N) is 1. The zero-order valence-electron chi connectivity index (χ0n) is 17.5. The van der Waals surface area contributed by atoms with E-state index >= 15 is 0 Å². The normalized spacial score (nSPS) is 10.9. The van der Waals surface area contributed by atoms with Crippen LogP contribution in [-0.4, -0.2) is 13.0 Å². The van der Waals surface area contributed by atoms with Gasteiger partial charge in [-0.1, -0.05) is 47.5 Å². The average molecular weight is 467 g/mol. The van der Waals surface area contributed by atoms with Gasteiger partial charge in [-0.25, -0.2) is 0 Å². The third kappa shape index (κ3) is 5.82. The molecule has 32 heavy (non-hydrogen) atoms. The van der Waals surface area contributed by atoms with Crippen molar-refractivity contribution in [2.24, 2.45) is 0 Å². The van der Waals surface area contributed by atoms with Gasteiger partial charge >= 0.3 is 0 Å². The number of hydrogen-bond donors (Lipinski definition) is 1. The summed E-state index contributed by atoms with van der Waals surface area (Å²) in [4.78, 5) is 12.5. The summed E-state index contributed by atoms with van der Waals surface area (Å²) >= 11 is 12.4. The van der Waals surface area contributed by atoms with E-state index in [4.69, 9.17) is 32.7 Å². The summed E-state index contributed by atoms with van der Waals surface area (Å²) in [5, 5.41) is 13.2. The van der Waals surface area contributed by atoms with E-state index in [9.17, 15) is 10.1 Å². The number of carbonyl (C=O) groups is 1. The van der Waals surface area contributed by atoms with Gasteiger partial charge in [-0.2, -0.15) is 5.26 Å². The first kappa shape index (κ1) is 23.2. The molecule has 0 fully saturated rings. The molecule has 0 radical (unpaired) electrons. The molecule has 3 aromatic rings. The second-order valence-corrected chi connectivity index (χ2v) is 7.71. The maximum absolute atomic E-state index is 12.5. The zero-order valence-corrected chi connectivity index (χ0v) is 19.0. The number of anilines is 1. The Hall–Kier alpha value is -3.46. The maximum atomic E-state index is 12.5. The van der Waals surface area contributed by atoms with Gasteiger partial charge in [0.05, 0.1) is 7.11 Å². The van der Waals surface area contributed by atoms with Crippen LogP contribution in [0.4, 0.5) is 5.69 Å². The molecule has 0 spiro atoms. The fourth-order valence-electron chi connectivity index (χ4n) is 2.95. The van der Waals surface area contributed by atoms with E-state index < -0.39 is 5.91 Å². The quantitative estimate of drug-likeness (QED) is 0.321. The Balaban J connectivity index is 1.78. The van der Waals surface area contributed by atoms with Crippen LogP contribution in [0.1, 0.15) is 16.7 Å². The van der Waals surface area contributed by atoms with Gasteiger partial charge in [-0.3, -0.25) is 4.79 Å². The van der Waals surface area contributed by atoms with Crippen molar-refractivity contribution >= 4 is 40.9 Å². The minimum atomic E-state index is -0.495. The molecule has 0 aliphatic carbocycles. The molecule has 0 aliphatic heterocycles. The van der Waals surface area contributed by atoms with Crippen LogP contribution in [0.15, 0.2) is 66.2 Å². The lowest BCUT2D eigenvalue weighted by Crippen LogP contribution is -2.13. The predicted octanol–water partition coefficient (Wildman–Crippen LogP) is 6.44. The van der Waals surface area contributed by atoms with Gasteiger partial charge in [-0.15, -0.1) is 0 Å². The summed E-state index contributed by atoms with van der Waals surface area (Å²) in [5.74, 6) is 0.424. The Kier molecular flexibility index (Phi) is 7.77. The van der Waals surface area contributed by atoms with Crippen molar-refractivity contribution in [3.8, 4) is 17.6 Å². The summed E-state index contributed by atoms with van der Waals surface area (Å²) in [6.45, 7) is 2.08. The number of hydrogen-bond acceptors (Lipinski definition) is 4. The summed E-state index contributed by atoms with van der Waals surface area (Å²) in [6, 6.07) is 19.6. The number of nitrogens with zero attached hydrogens (tertiary/aromatic N) is 1.